The van der Waals surface area contributed by atoms with E-state index in [-0.39, 0.29) is 5.78 Å². The van der Waals surface area contributed by atoms with E-state index in [0.29, 0.717) is 6.54 Å². The molecule has 0 saturated carbocycles. The molecular formula is C16H20N2OSTa. The van der Waals surface area contributed by atoms with E-state index in [1.54, 1.807) is 23.7 Å². The number of rotatable bonds is 6. The second kappa shape index (κ2) is 9.92. The van der Waals surface area contributed by atoms with E-state index < -0.39 is 0 Å². The van der Waals surface area contributed by atoms with E-state index in [1.165, 1.54) is 31.0 Å². The molecule has 0 atom stereocenters. The molecule has 0 aromatic carbocycles. The Morgan fingerprint density at radius 2 is 1.95 bits per heavy atom. The van der Waals surface area contributed by atoms with Gasteiger partial charge in [0.15, 0.2) is 5.78 Å². The molecule has 0 spiro atoms. The summed E-state index contributed by atoms with van der Waals surface area (Å²) in [5.74, 6) is 0.203. The number of aryl methyl sites for hydroxylation is 1. The van der Waals surface area contributed by atoms with Gasteiger partial charge in [0.1, 0.15) is 0 Å². The average molecular weight is 469 g/mol. The van der Waals surface area contributed by atoms with E-state index in [2.05, 4.69) is 21.5 Å². The van der Waals surface area contributed by atoms with Crippen LogP contribution in [0.1, 0.15) is 27.0 Å². The van der Waals surface area contributed by atoms with Gasteiger partial charge in [-0.15, -0.1) is 11.3 Å². The van der Waals surface area contributed by atoms with Crippen LogP contribution in [0.15, 0.2) is 36.7 Å². The zero-order chi connectivity index (χ0) is 15.7. The summed E-state index contributed by atoms with van der Waals surface area (Å²) in [5.41, 5.74) is 1.19. The van der Waals surface area contributed by atoms with E-state index in [1.807, 2.05) is 31.2 Å². The van der Waals surface area contributed by atoms with Crippen molar-refractivity contribution < 1.29 is 25.4 Å². The first kappa shape index (κ1) is 18.1. The van der Waals surface area contributed by atoms with Gasteiger partial charge in [0, 0.05) is 23.8 Å². The van der Waals surface area contributed by atoms with Gasteiger partial charge in [0.05, 0.1) is 11.4 Å². The first-order chi connectivity index (χ1) is 10.2. The number of pyridine rings is 1. The Morgan fingerprint density at radius 1 is 1.29 bits per heavy atom. The molecule has 0 bridgehead atoms. The van der Waals surface area contributed by atoms with E-state index in [9.17, 15) is 4.79 Å². The fourth-order valence-corrected chi connectivity index (χ4v) is 2.69. The van der Waals surface area contributed by atoms with Crippen molar-refractivity contribution in [2.24, 2.45) is 0 Å². The molecule has 0 N–H and O–H groups in total. The Labute approximate surface area is 142 Å². The van der Waals surface area contributed by atoms with Crippen molar-refractivity contribution in [3.8, 4) is 0 Å². The first-order valence-corrected chi connectivity index (χ1v) is 9.80. The van der Waals surface area contributed by atoms with Crippen LogP contribution in [0.2, 0.25) is 0 Å². The maximum atomic E-state index is 12.2. The van der Waals surface area contributed by atoms with Crippen LogP contribution in [0.4, 0.5) is 0 Å². The molecule has 0 unspecified atom stereocenters. The summed E-state index contributed by atoms with van der Waals surface area (Å²) in [4.78, 5) is 20.4. The summed E-state index contributed by atoms with van der Waals surface area (Å²) in [6.45, 7) is 6.22. The van der Waals surface area contributed by atoms with Crippen LogP contribution in [0.5, 0.6) is 0 Å². The van der Waals surface area contributed by atoms with Gasteiger partial charge in [-0.1, -0.05) is 6.92 Å². The summed E-state index contributed by atoms with van der Waals surface area (Å²) < 4.78 is 3.36. The number of thiophene rings is 1. The van der Waals surface area contributed by atoms with Gasteiger partial charge in [0.2, 0.25) is 0 Å². The zero-order valence-electron chi connectivity index (χ0n) is 12.5. The number of nitrogens with zero attached hydrogens (tertiary/aromatic N) is 2. The number of carbonyl (C=O) groups is 1. The summed E-state index contributed by atoms with van der Waals surface area (Å²) in [6.07, 6.45) is 3.57. The molecule has 2 aromatic rings. The summed E-state index contributed by atoms with van der Waals surface area (Å²) in [5, 5.41) is 0. The van der Waals surface area contributed by atoms with Gasteiger partial charge >= 0.3 is 25.3 Å². The molecule has 0 saturated heterocycles. The Kier molecular flexibility index (Phi) is 8.57. The van der Waals surface area contributed by atoms with Crippen LogP contribution < -0.4 is 0 Å². The SMILES string of the molecule is CCN(CC(=O)c1ccc(C)s1)Cc1ccncc1.[CH2]=[Ta]. The van der Waals surface area contributed by atoms with Crippen molar-refractivity contribution in [1.82, 2.24) is 9.88 Å². The predicted octanol–water partition coefficient (Wildman–Crippen LogP) is 3.12. The quantitative estimate of drug-likeness (QED) is 0.610. The maximum absolute atomic E-state index is 12.2. The number of ketones is 1. The molecule has 5 heteroatoms. The van der Waals surface area contributed by atoms with E-state index in [4.69, 9.17) is 0 Å². The van der Waals surface area contributed by atoms with E-state index >= 15 is 0 Å². The number of hydrogen-bond acceptors (Lipinski definition) is 4. The summed E-state index contributed by atoms with van der Waals surface area (Å²) >= 11 is 2.76. The van der Waals surface area contributed by atoms with Gasteiger partial charge in [-0.2, -0.15) is 0 Å². The fraction of sp³-hybridized carbons (Fsp3) is 0.312. The monoisotopic (exact) mass is 469 g/mol. The second-order valence-electron chi connectivity index (χ2n) is 4.49. The summed E-state index contributed by atoms with van der Waals surface area (Å²) in [6, 6.07) is 7.89. The van der Waals surface area contributed by atoms with Crippen LogP contribution in [0.25, 0.3) is 0 Å². The van der Waals surface area contributed by atoms with Gasteiger partial charge in [0.25, 0.3) is 0 Å². The molecule has 2 rings (SSSR count). The Bertz CT molecular complexity index is 556. The standard InChI is InChI=1S/C15H18N2OS.CH2.Ta/c1-3-17(10-13-6-8-16-9-7-13)11-14(18)15-5-4-12(2)19-15;;/h4-9H,3,10-11H2,1-2H3;1H2;. The molecule has 0 fully saturated rings. The number of carbonyl (C=O) groups excluding carboxylic acids is 1. The van der Waals surface area contributed by atoms with Crippen molar-refractivity contribution in [3.63, 3.8) is 0 Å². The van der Waals surface area contributed by atoms with Gasteiger partial charge in [-0.3, -0.25) is 14.7 Å². The third-order valence-corrected chi connectivity index (χ3v) is 4.03. The van der Waals surface area contributed by atoms with Crippen LogP contribution in [-0.4, -0.2) is 33.5 Å². The Morgan fingerprint density at radius 3 is 2.48 bits per heavy atom. The Balaban J connectivity index is 0.00000106. The zero-order valence-corrected chi connectivity index (χ0v) is 16.5. The molecule has 0 aliphatic heterocycles. The third-order valence-electron chi connectivity index (χ3n) is 2.99. The first-order valence-electron chi connectivity index (χ1n) is 6.71. The molecule has 0 aliphatic rings. The van der Waals surface area contributed by atoms with Crippen molar-refractivity contribution in [3.05, 3.63) is 52.0 Å². The number of likely N-dealkylation sites (N-methyl/N-ethyl adjacent to an activating group) is 1. The van der Waals surface area contributed by atoms with Gasteiger partial charge < -0.3 is 0 Å². The third kappa shape index (κ3) is 6.16. The molecule has 2 heterocycles. The Hall–Kier alpha value is -0.910. The van der Waals surface area contributed by atoms with Crippen molar-refractivity contribution in [2.75, 3.05) is 13.1 Å². The molecule has 3 nitrogen and oxygen atoms in total. The van der Waals surface area contributed by atoms with Gasteiger partial charge in [-0.25, -0.2) is 0 Å². The second-order valence-corrected chi connectivity index (χ2v) is 5.78. The normalized spacial score (nSPS) is 10.0. The van der Waals surface area contributed by atoms with Crippen molar-refractivity contribution >= 4 is 21.8 Å². The average Bonchev–Trinajstić information content (AvgIpc) is 2.96. The summed E-state index contributed by atoms with van der Waals surface area (Å²) in [7, 11) is 0. The van der Waals surface area contributed by atoms with Crippen LogP contribution >= 0.6 is 11.3 Å². The molecule has 0 aliphatic carbocycles. The number of aromatic nitrogens is 1. The molecule has 111 valence electrons. The molecule has 0 amide bonds. The van der Waals surface area contributed by atoms with Crippen LogP contribution in [0, 0.1) is 6.92 Å². The molecular weight excluding hydrogens is 449 g/mol. The molecule has 2 aromatic heterocycles. The molecule has 0 radical (unpaired) electrons. The van der Waals surface area contributed by atoms with Crippen molar-refractivity contribution in [2.45, 2.75) is 20.4 Å². The minimum atomic E-state index is 0.203. The van der Waals surface area contributed by atoms with E-state index in [0.717, 1.165) is 18.0 Å². The van der Waals surface area contributed by atoms with Gasteiger partial charge in [-0.05, 0) is 43.3 Å². The predicted molar refractivity (Wildman–Crippen MR) is 85.7 cm³/mol. The number of Topliss-reactive ketones (excluding diaryl/α,β-unsaturated/α-hetero) is 1. The van der Waals surface area contributed by atoms with Crippen LogP contribution in [-0.2, 0) is 27.1 Å². The van der Waals surface area contributed by atoms with Crippen molar-refractivity contribution in [1.29, 1.82) is 0 Å². The topological polar surface area (TPSA) is 33.2 Å². The number of hydrogen-bond donors (Lipinski definition) is 0. The minimum absolute atomic E-state index is 0.203. The van der Waals surface area contributed by atoms with Crippen LogP contribution in [0.3, 0.4) is 0 Å². The fourth-order valence-electron chi connectivity index (χ4n) is 1.89. The molecule has 21 heavy (non-hydrogen) atoms.